The van der Waals surface area contributed by atoms with Crippen LogP contribution in [0.25, 0.3) is 10.9 Å². The van der Waals surface area contributed by atoms with Gasteiger partial charge in [-0.2, -0.15) is 5.10 Å². The summed E-state index contributed by atoms with van der Waals surface area (Å²) in [6.45, 7) is 2.10. The Morgan fingerprint density at radius 3 is 2.88 bits per heavy atom. The molecule has 2 aromatic rings. The molecule has 0 saturated carbocycles. The number of hydrogen-bond acceptors (Lipinski definition) is 4. The Balaban J connectivity index is 2.58. The van der Waals surface area contributed by atoms with Crippen molar-refractivity contribution >= 4 is 16.9 Å². The van der Waals surface area contributed by atoms with Gasteiger partial charge in [0.05, 0.1) is 19.2 Å². The van der Waals surface area contributed by atoms with Crippen LogP contribution in [0, 0.1) is 0 Å². The van der Waals surface area contributed by atoms with Crippen LogP contribution in [0.1, 0.15) is 17.4 Å². The Hall–Kier alpha value is -2.04. The molecule has 0 N–H and O–H groups in total. The van der Waals surface area contributed by atoms with Gasteiger partial charge < -0.3 is 9.47 Å². The lowest BCUT2D eigenvalue weighted by Crippen LogP contribution is -2.06. The van der Waals surface area contributed by atoms with E-state index < -0.39 is 5.97 Å². The molecule has 0 aliphatic carbocycles. The number of esters is 1. The first-order valence-corrected chi connectivity index (χ1v) is 5.35. The molecule has 2 rings (SSSR count). The van der Waals surface area contributed by atoms with Crippen molar-refractivity contribution < 1.29 is 14.3 Å². The molecule has 0 aliphatic heterocycles. The van der Waals surface area contributed by atoms with Crippen LogP contribution < -0.4 is 4.74 Å². The molecule has 0 atom stereocenters. The van der Waals surface area contributed by atoms with E-state index in [4.69, 9.17) is 9.47 Å². The molecule has 90 valence electrons. The van der Waals surface area contributed by atoms with Gasteiger partial charge in [0.2, 0.25) is 0 Å². The highest BCUT2D eigenvalue weighted by molar-refractivity contribution is 6.02. The number of carbonyl (C=O) groups excluding carboxylic acids is 1. The highest BCUT2D eigenvalue weighted by Gasteiger charge is 2.17. The minimum absolute atomic E-state index is 0.322. The van der Waals surface area contributed by atoms with E-state index in [-0.39, 0.29) is 0 Å². The number of hydrogen-bond donors (Lipinski definition) is 0. The van der Waals surface area contributed by atoms with Crippen molar-refractivity contribution in [1.82, 2.24) is 9.78 Å². The molecule has 5 heteroatoms. The third kappa shape index (κ3) is 1.95. The molecule has 0 amide bonds. The monoisotopic (exact) mass is 234 g/mol. The summed E-state index contributed by atoms with van der Waals surface area (Å²) in [6, 6.07) is 5.48. The summed E-state index contributed by atoms with van der Waals surface area (Å²) in [5, 5.41) is 4.91. The van der Waals surface area contributed by atoms with Crippen LogP contribution in [0.3, 0.4) is 0 Å². The quantitative estimate of drug-likeness (QED) is 0.759. The number of methoxy groups -OCH3 is 1. The molecule has 17 heavy (non-hydrogen) atoms. The average Bonchev–Trinajstić information content (AvgIpc) is 2.66. The Labute approximate surface area is 98.9 Å². The van der Waals surface area contributed by atoms with Gasteiger partial charge in [-0.25, -0.2) is 4.79 Å². The lowest BCUT2D eigenvalue weighted by atomic mass is 10.2. The molecule has 5 nitrogen and oxygen atoms in total. The first kappa shape index (κ1) is 11.4. The molecule has 0 saturated heterocycles. The standard InChI is InChI=1S/C12H14N2O3/c1-4-17-12(15)11-9-7-8(16-3)5-6-10(9)14(2)13-11/h5-7H,4H2,1-3H3. The lowest BCUT2D eigenvalue weighted by molar-refractivity contribution is 0.0521. The van der Waals surface area contributed by atoms with Crippen LogP contribution in [0.15, 0.2) is 18.2 Å². The van der Waals surface area contributed by atoms with Crippen molar-refractivity contribution in [2.24, 2.45) is 7.05 Å². The number of nitrogens with zero attached hydrogens (tertiary/aromatic N) is 2. The van der Waals surface area contributed by atoms with E-state index in [2.05, 4.69) is 5.10 Å². The third-order valence-corrected chi connectivity index (χ3v) is 2.53. The molecular formula is C12H14N2O3. The predicted molar refractivity (Wildman–Crippen MR) is 63.2 cm³/mol. The van der Waals surface area contributed by atoms with E-state index in [0.717, 1.165) is 10.9 Å². The van der Waals surface area contributed by atoms with Gasteiger partial charge in [0.15, 0.2) is 5.69 Å². The molecule has 0 fully saturated rings. The number of ether oxygens (including phenoxy) is 2. The zero-order valence-corrected chi connectivity index (χ0v) is 10.1. The van der Waals surface area contributed by atoms with E-state index in [1.807, 2.05) is 12.1 Å². The van der Waals surface area contributed by atoms with Crippen molar-refractivity contribution in [2.75, 3.05) is 13.7 Å². The van der Waals surface area contributed by atoms with E-state index in [9.17, 15) is 4.79 Å². The lowest BCUT2D eigenvalue weighted by Gasteiger charge is -2.00. The van der Waals surface area contributed by atoms with Gasteiger partial charge in [-0.05, 0) is 25.1 Å². The molecule has 1 aromatic carbocycles. The number of carbonyl (C=O) groups is 1. The van der Waals surface area contributed by atoms with Crippen LogP contribution in [0.5, 0.6) is 5.75 Å². The molecule has 0 spiro atoms. The Bertz CT molecular complexity index is 560. The predicted octanol–water partition coefficient (Wildman–Crippen LogP) is 1.76. The second-order valence-corrected chi connectivity index (χ2v) is 3.58. The van der Waals surface area contributed by atoms with Gasteiger partial charge in [0.1, 0.15) is 5.75 Å². The van der Waals surface area contributed by atoms with Crippen LogP contribution in [0.4, 0.5) is 0 Å². The van der Waals surface area contributed by atoms with Crippen LogP contribution in [-0.4, -0.2) is 29.5 Å². The summed E-state index contributed by atoms with van der Waals surface area (Å²) in [7, 11) is 3.37. The maximum atomic E-state index is 11.7. The SMILES string of the molecule is CCOC(=O)c1nn(C)c2ccc(OC)cc12. The highest BCUT2D eigenvalue weighted by atomic mass is 16.5. The number of benzene rings is 1. The minimum Gasteiger partial charge on any atom is -0.497 e. The highest BCUT2D eigenvalue weighted by Crippen LogP contribution is 2.23. The zero-order chi connectivity index (χ0) is 12.4. The van der Waals surface area contributed by atoms with Crippen molar-refractivity contribution in [3.05, 3.63) is 23.9 Å². The van der Waals surface area contributed by atoms with Crippen LogP contribution in [0.2, 0.25) is 0 Å². The van der Waals surface area contributed by atoms with E-state index >= 15 is 0 Å². The number of aromatic nitrogens is 2. The summed E-state index contributed by atoms with van der Waals surface area (Å²) < 4.78 is 11.8. The van der Waals surface area contributed by atoms with Gasteiger partial charge in [-0.1, -0.05) is 0 Å². The largest absolute Gasteiger partial charge is 0.497 e. The topological polar surface area (TPSA) is 53.3 Å². The van der Waals surface area contributed by atoms with Crippen LogP contribution >= 0.6 is 0 Å². The van der Waals surface area contributed by atoms with Crippen LogP contribution in [-0.2, 0) is 11.8 Å². The van der Waals surface area contributed by atoms with Gasteiger partial charge in [0.25, 0.3) is 0 Å². The molecule has 0 aliphatic rings. The third-order valence-electron chi connectivity index (χ3n) is 2.53. The van der Waals surface area contributed by atoms with Gasteiger partial charge in [-0.3, -0.25) is 4.68 Å². The van der Waals surface area contributed by atoms with Gasteiger partial charge in [0, 0.05) is 12.4 Å². The van der Waals surface area contributed by atoms with Crippen molar-refractivity contribution in [2.45, 2.75) is 6.92 Å². The first-order chi connectivity index (χ1) is 8.17. The summed E-state index contributed by atoms with van der Waals surface area (Å²) >= 11 is 0. The number of fused-ring (bicyclic) bond motifs is 1. The summed E-state index contributed by atoms with van der Waals surface area (Å²) in [5.74, 6) is 0.280. The molecule has 1 aromatic heterocycles. The van der Waals surface area contributed by atoms with Gasteiger partial charge >= 0.3 is 5.97 Å². The van der Waals surface area contributed by atoms with E-state index in [0.29, 0.717) is 18.1 Å². The minimum atomic E-state index is -0.411. The Morgan fingerprint density at radius 2 is 2.24 bits per heavy atom. The van der Waals surface area contributed by atoms with E-state index in [1.165, 1.54) is 0 Å². The smallest absolute Gasteiger partial charge is 0.359 e. The first-order valence-electron chi connectivity index (χ1n) is 5.35. The second-order valence-electron chi connectivity index (χ2n) is 3.58. The fraction of sp³-hybridized carbons (Fsp3) is 0.333. The number of aryl methyl sites for hydroxylation is 1. The maximum absolute atomic E-state index is 11.7. The molecular weight excluding hydrogens is 220 g/mol. The Kier molecular flexibility index (Phi) is 2.99. The fourth-order valence-electron chi connectivity index (χ4n) is 1.72. The fourth-order valence-corrected chi connectivity index (χ4v) is 1.72. The molecule has 0 unspecified atom stereocenters. The van der Waals surface area contributed by atoms with E-state index in [1.54, 1.807) is 31.8 Å². The van der Waals surface area contributed by atoms with Gasteiger partial charge in [-0.15, -0.1) is 0 Å². The Morgan fingerprint density at radius 1 is 1.47 bits per heavy atom. The van der Waals surface area contributed by atoms with Crippen molar-refractivity contribution in [3.63, 3.8) is 0 Å². The summed E-state index contributed by atoms with van der Waals surface area (Å²) in [5.41, 5.74) is 1.19. The average molecular weight is 234 g/mol. The zero-order valence-electron chi connectivity index (χ0n) is 10.1. The molecule has 1 heterocycles. The molecule has 0 radical (unpaired) electrons. The second kappa shape index (κ2) is 4.45. The summed E-state index contributed by atoms with van der Waals surface area (Å²) in [4.78, 5) is 11.7. The molecule has 0 bridgehead atoms. The normalized spacial score (nSPS) is 10.5. The van der Waals surface area contributed by atoms with Crippen molar-refractivity contribution in [1.29, 1.82) is 0 Å². The summed E-state index contributed by atoms with van der Waals surface area (Å²) in [6.07, 6.45) is 0. The van der Waals surface area contributed by atoms with Crippen molar-refractivity contribution in [3.8, 4) is 5.75 Å². The number of rotatable bonds is 3. The maximum Gasteiger partial charge on any atom is 0.359 e.